The number of hydrogen-bond acceptors (Lipinski definition) is 3. The van der Waals surface area contributed by atoms with Crippen LogP contribution >= 0.6 is 0 Å². The Labute approximate surface area is 106 Å². The lowest BCUT2D eigenvalue weighted by Gasteiger charge is -2.05. The van der Waals surface area contributed by atoms with Crippen molar-refractivity contribution in [3.63, 3.8) is 0 Å². The summed E-state index contributed by atoms with van der Waals surface area (Å²) < 4.78 is 0. The average molecular weight is 256 g/mol. The largest absolute Gasteiger partial charge is 0.481 e. The van der Waals surface area contributed by atoms with Crippen LogP contribution in [0.4, 0.5) is 0 Å². The zero-order chi connectivity index (χ0) is 13.4. The van der Waals surface area contributed by atoms with Crippen LogP contribution in [0.5, 0.6) is 0 Å². The van der Waals surface area contributed by atoms with E-state index in [0.29, 0.717) is 31.8 Å². The van der Waals surface area contributed by atoms with Gasteiger partial charge in [-0.25, -0.2) is 0 Å². The molecule has 6 heteroatoms. The zero-order valence-corrected chi connectivity index (χ0v) is 10.4. The van der Waals surface area contributed by atoms with Gasteiger partial charge in [0.05, 0.1) is 0 Å². The smallest absolute Gasteiger partial charge is 0.303 e. The van der Waals surface area contributed by atoms with Gasteiger partial charge in [0, 0.05) is 31.8 Å². The Balaban J connectivity index is 1.91. The van der Waals surface area contributed by atoms with Crippen LogP contribution in [-0.4, -0.2) is 35.5 Å². The summed E-state index contributed by atoms with van der Waals surface area (Å²) in [6, 6.07) is 0.378. The van der Waals surface area contributed by atoms with Crippen LogP contribution in [0.1, 0.15) is 44.9 Å². The average Bonchev–Trinajstić information content (AvgIpc) is 3.08. The zero-order valence-electron chi connectivity index (χ0n) is 10.4. The van der Waals surface area contributed by atoms with Crippen LogP contribution in [0.2, 0.25) is 0 Å². The summed E-state index contributed by atoms with van der Waals surface area (Å²) in [6.07, 6.45) is 3.77. The predicted octanol–water partition coefficient (Wildman–Crippen LogP) is 0.416. The van der Waals surface area contributed by atoms with Crippen molar-refractivity contribution < 1.29 is 19.5 Å². The van der Waals surface area contributed by atoms with Crippen LogP contribution in [0, 0.1) is 0 Å². The lowest BCUT2D eigenvalue weighted by molar-refractivity contribution is -0.137. The molecule has 1 saturated carbocycles. The molecule has 1 aliphatic carbocycles. The summed E-state index contributed by atoms with van der Waals surface area (Å²) in [4.78, 5) is 32.8. The first-order valence-corrected chi connectivity index (χ1v) is 6.36. The normalized spacial score (nSPS) is 14.0. The fraction of sp³-hybridized carbons (Fsp3) is 0.750. The molecule has 6 nitrogen and oxygen atoms in total. The maximum Gasteiger partial charge on any atom is 0.303 e. The number of hydrogen-bond donors (Lipinski definition) is 3. The van der Waals surface area contributed by atoms with Gasteiger partial charge in [-0.1, -0.05) is 0 Å². The summed E-state index contributed by atoms with van der Waals surface area (Å²) in [5.74, 6) is -1.00. The van der Waals surface area contributed by atoms with E-state index in [1.165, 1.54) is 0 Å². The summed E-state index contributed by atoms with van der Waals surface area (Å²) in [7, 11) is 0. The Morgan fingerprint density at radius 3 is 2.28 bits per heavy atom. The summed E-state index contributed by atoms with van der Waals surface area (Å²) in [6.45, 7) is 0.462. The van der Waals surface area contributed by atoms with E-state index in [4.69, 9.17) is 5.11 Å². The first-order chi connectivity index (χ1) is 8.58. The monoisotopic (exact) mass is 256 g/mol. The molecule has 1 fully saturated rings. The number of carbonyl (C=O) groups excluding carboxylic acids is 2. The molecule has 0 saturated heterocycles. The third-order valence-corrected chi connectivity index (χ3v) is 2.64. The van der Waals surface area contributed by atoms with Gasteiger partial charge in [0.2, 0.25) is 11.8 Å². The molecule has 0 heterocycles. The Hall–Kier alpha value is -1.59. The maximum absolute atomic E-state index is 11.3. The topological polar surface area (TPSA) is 95.5 Å². The molecule has 1 aliphatic rings. The number of aliphatic carboxylic acids is 1. The predicted molar refractivity (Wildman–Crippen MR) is 64.9 cm³/mol. The number of carboxylic acids is 1. The highest BCUT2D eigenvalue weighted by molar-refractivity contribution is 5.77. The number of rotatable bonds is 9. The van der Waals surface area contributed by atoms with E-state index in [-0.39, 0.29) is 24.7 Å². The molecule has 0 bridgehead atoms. The molecule has 0 aliphatic heterocycles. The van der Waals surface area contributed by atoms with Gasteiger partial charge in [-0.2, -0.15) is 0 Å². The highest BCUT2D eigenvalue weighted by Crippen LogP contribution is 2.18. The molecule has 0 aromatic heterocycles. The van der Waals surface area contributed by atoms with Gasteiger partial charge in [-0.05, 0) is 25.7 Å². The second-order valence-electron chi connectivity index (χ2n) is 4.54. The third-order valence-electron chi connectivity index (χ3n) is 2.64. The highest BCUT2D eigenvalue weighted by Gasteiger charge is 2.22. The fourth-order valence-corrected chi connectivity index (χ4v) is 1.49. The van der Waals surface area contributed by atoms with Gasteiger partial charge in [0.1, 0.15) is 0 Å². The Morgan fingerprint density at radius 1 is 1.00 bits per heavy atom. The molecule has 0 radical (unpaired) electrons. The van der Waals surface area contributed by atoms with Gasteiger partial charge in [-0.15, -0.1) is 0 Å². The Morgan fingerprint density at radius 2 is 1.67 bits per heavy atom. The van der Waals surface area contributed by atoms with Crippen molar-refractivity contribution in [3.8, 4) is 0 Å². The van der Waals surface area contributed by atoms with Crippen molar-refractivity contribution in [2.24, 2.45) is 0 Å². The number of nitrogens with one attached hydrogen (secondary N) is 2. The molecule has 102 valence electrons. The molecule has 0 unspecified atom stereocenters. The minimum atomic E-state index is -0.889. The van der Waals surface area contributed by atoms with Crippen LogP contribution in [0.25, 0.3) is 0 Å². The van der Waals surface area contributed by atoms with E-state index in [9.17, 15) is 14.4 Å². The van der Waals surface area contributed by atoms with Gasteiger partial charge in [-0.3, -0.25) is 14.4 Å². The van der Waals surface area contributed by atoms with Gasteiger partial charge >= 0.3 is 5.97 Å². The lowest BCUT2D eigenvalue weighted by atomic mass is 10.2. The van der Waals surface area contributed by atoms with E-state index >= 15 is 0 Å². The molecular weight excluding hydrogens is 236 g/mol. The number of carbonyl (C=O) groups is 3. The van der Waals surface area contributed by atoms with Crippen molar-refractivity contribution >= 4 is 17.8 Å². The van der Waals surface area contributed by atoms with Crippen LogP contribution < -0.4 is 10.6 Å². The van der Waals surface area contributed by atoms with Crippen LogP contribution in [0.15, 0.2) is 0 Å². The minimum Gasteiger partial charge on any atom is -0.481 e. The summed E-state index contributed by atoms with van der Waals surface area (Å²) in [5.41, 5.74) is 0. The van der Waals surface area contributed by atoms with Crippen molar-refractivity contribution in [2.45, 2.75) is 51.0 Å². The van der Waals surface area contributed by atoms with Crippen molar-refractivity contribution in [2.75, 3.05) is 6.54 Å². The molecule has 0 aromatic carbocycles. The van der Waals surface area contributed by atoms with E-state index in [0.717, 1.165) is 12.8 Å². The lowest BCUT2D eigenvalue weighted by Crippen LogP contribution is -2.28. The maximum atomic E-state index is 11.3. The molecule has 3 N–H and O–H groups in total. The Bertz CT molecular complexity index is 313. The molecule has 0 spiro atoms. The summed E-state index contributed by atoms with van der Waals surface area (Å²) >= 11 is 0. The molecule has 0 atom stereocenters. The molecule has 1 rings (SSSR count). The quantitative estimate of drug-likeness (QED) is 0.521. The summed E-state index contributed by atoms with van der Waals surface area (Å²) in [5, 5.41) is 13.9. The van der Waals surface area contributed by atoms with E-state index in [2.05, 4.69) is 10.6 Å². The third kappa shape index (κ3) is 7.65. The van der Waals surface area contributed by atoms with Gasteiger partial charge < -0.3 is 15.7 Å². The molecule has 0 aromatic rings. The first kappa shape index (κ1) is 14.5. The fourth-order valence-electron chi connectivity index (χ4n) is 1.49. The second-order valence-corrected chi connectivity index (χ2v) is 4.54. The molecule has 18 heavy (non-hydrogen) atoms. The van der Waals surface area contributed by atoms with Crippen LogP contribution in [-0.2, 0) is 14.4 Å². The van der Waals surface area contributed by atoms with E-state index < -0.39 is 5.97 Å². The van der Waals surface area contributed by atoms with E-state index in [1.54, 1.807) is 0 Å². The van der Waals surface area contributed by atoms with Gasteiger partial charge in [0.15, 0.2) is 0 Å². The van der Waals surface area contributed by atoms with Crippen molar-refractivity contribution in [3.05, 3.63) is 0 Å². The minimum absolute atomic E-state index is 0.0111. The van der Waals surface area contributed by atoms with E-state index in [1.807, 2.05) is 0 Å². The van der Waals surface area contributed by atoms with Crippen LogP contribution in [0.3, 0.4) is 0 Å². The SMILES string of the molecule is O=C(O)CCCC(=O)NCCCC(=O)NC1CC1. The molecule has 2 amide bonds. The number of amides is 2. The number of carboxylic acid groups (broad SMARTS) is 1. The highest BCUT2D eigenvalue weighted by atomic mass is 16.4. The Kier molecular flexibility index (Phi) is 6.18. The molecular formula is C12H20N2O4. The van der Waals surface area contributed by atoms with Crippen molar-refractivity contribution in [1.29, 1.82) is 0 Å². The van der Waals surface area contributed by atoms with Gasteiger partial charge in [0.25, 0.3) is 0 Å². The second kappa shape index (κ2) is 7.68. The van der Waals surface area contributed by atoms with Crippen molar-refractivity contribution in [1.82, 2.24) is 10.6 Å². The standard InChI is InChI=1S/C12H20N2O4/c15-10(3-1-5-12(17)18)13-8-2-4-11(16)14-9-6-7-9/h9H,1-8H2,(H,13,15)(H,14,16)(H,17,18). The first-order valence-electron chi connectivity index (χ1n) is 6.36.